The first-order valence-corrected chi connectivity index (χ1v) is 10.1. The summed E-state index contributed by atoms with van der Waals surface area (Å²) in [6.45, 7) is -0.441. The van der Waals surface area contributed by atoms with Crippen LogP contribution < -0.4 is 10.6 Å². The van der Waals surface area contributed by atoms with Gasteiger partial charge in [-0.05, 0) is 36.1 Å². The van der Waals surface area contributed by atoms with Crippen LogP contribution in [-0.4, -0.2) is 34.8 Å². The van der Waals surface area contributed by atoms with Crippen molar-refractivity contribution in [3.8, 4) is 0 Å². The highest BCUT2D eigenvalue weighted by Gasteiger charge is 2.52. The lowest BCUT2D eigenvalue weighted by atomic mass is 9.78. The van der Waals surface area contributed by atoms with E-state index in [-0.39, 0.29) is 15.7 Å². The van der Waals surface area contributed by atoms with Gasteiger partial charge in [-0.15, -0.1) is 0 Å². The lowest BCUT2D eigenvalue weighted by molar-refractivity contribution is -0.134. The molecule has 1 heterocycles. The van der Waals surface area contributed by atoms with Crippen LogP contribution in [-0.2, 0) is 22.4 Å². The molecule has 2 N–H and O–H groups in total. The molecule has 2 aliphatic rings. The number of hydrogen-bond donors (Lipinski definition) is 2. The van der Waals surface area contributed by atoms with E-state index in [2.05, 4.69) is 10.6 Å². The molecular formula is C20H16Cl3N3O3. The number of anilines is 1. The van der Waals surface area contributed by atoms with Crippen molar-refractivity contribution in [2.24, 2.45) is 0 Å². The summed E-state index contributed by atoms with van der Waals surface area (Å²) in [4.78, 5) is 39.0. The Balaban J connectivity index is 1.50. The van der Waals surface area contributed by atoms with E-state index in [9.17, 15) is 14.4 Å². The smallest absolute Gasteiger partial charge is 0.323 e. The van der Waals surface area contributed by atoms with Crippen LogP contribution >= 0.6 is 34.8 Å². The van der Waals surface area contributed by atoms with Gasteiger partial charge in [0.2, 0.25) is 5.91 Å². The summed E-state index contributed by atoms with van der Waals surface area (Å²) in [5.74, 6) is -0.992. The second-order valence-corrected chi connectivity index (χ2v) is 8.39. The molecule has 0 saturated carbocycles. The van der Waals surface area contributed by atoms with E-state index >= 15 is 0 Å². The topological polar surface area (TPSA) is 78.5 Å². The number of hydrogen-bond acceptors (Lipinski definition) is 3. The second-order valence-electron chi connectivity index (χ2n) is 7.14. The van der Waals surface area contributed by atoms with Crippen LogP contribution in [0.5, 0.6) is 0 Å². The van der Waals surface area contributed by atoms with E-state index in [1.54, 1.807) is 0 Å². The normalized spacial score (nSPS) is 20.6. The highest BCUT2D eigenvalue weighted by atomic mass is 35.5. The van der Waals surface area contributed by atoms with Gasteiger partial charge in [0, 0.05) is 11.4 Å². The first-order valence-electron chi connectivity index (χ1n) is 8.94. The maximum absolute atomic E-state index is 13.1. The molecule has 1 aliphatic carbocycles. The fourth-order valence-corrected chi connectivity index (χ4v) is 4.74. The minimum absolute atomic E-state index is 0.161. The van der Waals surface area contributed by atoms with Gasteiger partial charge in [-0.1, -0.05) is 59.1 Å². The molecule has 1 unspecified atom stereocenters. The number of benzene rings is 2. The fraction of sp³-hybridized carbons (Fsp3) is 0.250. The van der Waals surface area contributed by atoms with Gasteiger partial charge in [0.15, 0.2) is 0 Å². The van der Waals surface area contributed by atoms with E-state index in [0.717, 1.165) is 10.5 Å². The molecule has 150 valence electrons. The average molecular weight is 453 g/mol. The van der Waals surface area contributed by atoms with E-state index in [1.807, 2.05) is 24.3 Å². The van der Waals surface area contributed by atoms with Crippen molar-refractivity contribution in [3.63, 3.8) is 0 Å². The number of fused-ring (bicyclic) bond motifs is 1. The van der Waals surface area contributed by atoms with Gasteiger partial charge in [0.05, 0.1) is 15.7 Å². The largest absolute Gasteiger partial charge is 0.325 e. The van der Waals surface area contributed by atoms with Crippen LogP contribution in [0, 0.1) is 0 Å². The monoisotopic (exact) mass is 451 g/mol. The molecule has 29 heavy (non-hydrogen) atoms. The summed E-state index contributed by atoms with van der Waals surface area (Å²) in [6.07, 6.45) is 1.57. The Labute approximate surface area is 182 Å². The number of nitrogens with one attached hydrogen (secondary N) is 2. The molecule has 2 aromatic rings. The number of rotatable bonds is 3. The van der Waals surface area contributed by atoms with Gasteiger partial charge in [-0.2, -0.15) is 0 Å². The van der Waals surface area contributed by atoms with E-state index in [4.69, 9.17) is 34.8 Å². The molecule has 4 rings (SSSR count). The number of halogens is 3. The molecule has 9 heteroatoms. The Morgan fingerprint density at radius 3 is 2.45 bits per heavy atom. The number of amides is 4. The minimum atomic E-state index is -1.01. The molecule has 6 nitrogen and oxygen atoms in total. The van der Waals surface area contributed by atoms with Gasteiger partial charge < -0.3 is 10.6 Å². The first-order chi connectivity index (χ1) is 13.8. The first kappa shape index (κ1) is 20.0. The predicted molar refractivity (Wildman–Crippen MR) is 112 cm³/mol. The Bertz CT molecular complexity index is 1020. The molecule has 1 atom stereocenters. The summed E-state index contributed by atoms with van der Waals surface area (Å²) in [5, 5.41) is 5.99. The molecule has 4 amide bonds. The number of aryl methyl sites for hydroxylation is 1. The van der Waals surface area contributed by atoms with Crippen LogP contribution in [0.15, 0.2) is 36.4 Å². The molecule has 1 spiro atoms. The summed E-state index contributed by atoms with van der Waals surface area (Å²) in [7, 11) is 0. The second kappa shape index (κ2) is 7.52. The van der Waals surface area contributed by atoms with Crippen LogP contribution in [0.1, 0.15) is 17.5 Å². The molecule has 0 aromatic heterocycles. The predicted octanol–water partition coefficient (Wildman–Crippen LogP) is 4.06. The summed E-state index contributed by atoms with van der Waals surface area (Å²) in [6, 6.07) is 10.1. The van der Waals surface area contributed by atoms with Gasteiger partial charge >= 0.3 is 6.03 Å². The molecule has 0 bridgehead atoms. The molecule has 0 radical (unpaired) electrons. The molecule has 1 fully saturated rings. The van der Waals surface area contributed by atoms with Crippen molar-refractivity contribution in [2.75, 3.05) is 11.9 Å². The van der Waals surface area contributed by atoms with Gasteiger partial charge in [-0.25, -0.2) is 4.79 Å². The van der Waals surface area contributed by atoms with Crippen molar-refractivity contribution in [1.82, 2.24) is 10.2 Å². The van der Waals surface area contributed by atoms with Crippen molar-refractivity contribution in [1.29, 1.82) is 0 Å². The number of nitrogens with zero attached hydrogens (tertiary/aromatic N) is 1. The van der Waals surface area contributed by atoms with E-state index < -0.39 is 29.9 Å². The number of imide groups is 1. The third kappa shape index (κ3) is 3.68. The molecule has 2 aromatic carbocycles. The number of carbonyl (C=O) groups excluding carboxylic acids is 3. The van der Waals surface area contributed by atoms with Gasteiger partial charge in [-0.3, -0.25) is 14.5 Å². The fourth-order valence-electron chi connectivity index (χ4n) is 3.83. The maximum atomic E-state index is 13.1. The summed E-state index contributed by atoms with van der Waals surface area (Å²) >= 11 is 18.0. The minimum Gasteiger partial charge on any atom is -0.323 e. The van der Waals surface area contributed by atoms with Crippen molar-refractivity contribution in [3.05, 3.63) is 62.6 Å². The molecule has 1 saturated heterocycles. The Morgan fingerprint density at radius 2 is 1.76 bits per heavy atom. The van der Waals surface area contributed by atoms with Crippen molar-refractivity contribution >= 4 is 58.3 Å². The molecule has 1 aliphatic heterocycles. The number of carbonyl (C=O) groups is 3. The van der Waals surface area contributed by atoms with E-state index in [0.29, 0.717) is 24.3 Å². The van der Waals surface area contributed by atoms with Gasteiger partial charge in [0.1, 0.15) is 12.1 Å². The zero-order chi connectivity index (χ0) is 20.8. The van der Waals surface area contributed by atoms with Gasteiger partial charge in [0.25, 0.3) is 5.91 Å². The zero-order valence-corrected chi connectivity index (χ0v) is 17.4. The SMILES string of the molecule is O=C(CN1C(=O)NC2(CCc3ccccc3C2)C1=O)Nc1c(Cl)cc(Cl)cc1Cl. The lowest BCUT2D eigenvalue weighted by Gasteiger charge is -2.32. The van der Waals surface area contributed by atoms with Crippen molar-refractivity contribution in [2.45, 2.75) is 24.8 Å². The zero-order valence-electron chi connectivity index (χ0n) is 15.1. The average Bonchev–Trinajstić information content (AvgIpc) is 2.88. The van der Waals surface area contributed by atoms with Crippen molar-refractivity contribution < 1.29 is 14.4 Å². The Morgan fingerprint density at radius 1 is 1.10 bits per heavy atom. The third-order valence-electron chi connectivity index (χ3n) is 5.25. The summed E-state index contributed by atoms with van der Waals surface area (Å²) in [5.41, 5.74) is 1.36. The van der Waals surface area contributed by atoms with Crippen LogP contribution in [0.4, 0.5) is 10.5 Å². The lowest BCUT2D eigenvalue weighted by Crippen LogP contribution is -2.51. The quantitative estimate of drug-likeness (QED) is 0.689. The van der Waals surface area contributed by atoms with Crippen LogP contribution in [0.25, 0.3) is 0 Å². The third-order valence-corrected chi connectivity index (χ3v) is 6.07. The van der Waals surface area contributed by atoms with Crippen LogP contribution in [0.2, 0.25) is 15.1 Å². The maximum Gasteiger partial charge on any atom is 0.325 e. The summed E-state index contributed by atoms with van der Waals surface area (Å²) < 4.78 is 0. The Hall–Kier alpha value is -2.28. The standard InChI is InChI=1S/C20H16Cl3N3O3/c21-13-7-14(22)17(15(23)8-13)24-16(27)10-26-18(28)20(25-19(26)29)6-5-11-3-1-2-4-12(11)9-20/h1-4,7-8H,5-6,9-10H2,(H,24,27)(H,25,29). The Kier molecular flexibility index (Phi) is 5.19. The highest BCUT2D eigenvalue weighted by molar-refractivity contribution is 6.42. The van der Waals surface area contributed by atoms with Crippen LogP contribution in [0.3, 0.4) is 0 Å². The molecular weight excluding hydrogens is 437 g/mol. The van der Waals surface area contributed by atoms with E-state index in [1.165, 1.54) is 17.7 Å². The highest BCUT2D eigenvalue weighted by Crippen LogP contribution is 2.35. The number of urea groups is 1.